The largest absolute Gasteiger partial charge is 0.327 e. The molecule has 1 aromatic heterocycles. The predicted molar refractivity (Wildman–Crippen MR) is 158 cm³/mol. The van der Waals surface area contributed by atoms with Crippen molar-refractivity contribution < 1.29 is 9.18 Å². The van der Waals surface area contributed by atoms with E-state index in [0.717, 1.165) is 27.7 Å². The van der Waals surface area contributed by atoms with E-state index < -0.39 is 17.9 Å². The minimum atomic E-state index is -0.516. The Morgan fingerprint density at radius 1 is 0.850 bits per heavy atom. The maximum absolute atomic E-state index is 13.7. The highest BCUT2D eigenvalue weighted by atomic mass is 32.2. The maximum Gasteiger partial charge on any atom is 0.319 e. The standard InChI is InChI=1S/C32H30FN5OS/c1-22-14-16-28(17-15-22)38-30(36-37-32(38)40-21-25-11-6-8-23(2)18-25)29(19-24-9-4-3-5-10-24)35-31(39)34-27-13-7-12-26(33)20-27/h3-18,20,29H,19,21H2,1-2H3,(H2,34,35,39)/t29-/m1/s1. The van der Waals surface area contributed by atoms with Crippen LogP contribution in [-0.2, 0) is 12.2 Å². The number of nitrogens with one attached hydrogen (secondary N) is 2. The number of aromatic nitrogens is 3. The second-order valence-corrected chi connectivity index (χ2v) is 10.6. The number of benzene rings is 4. The van der Waals surface area contributed by atoms with E-state index in [4.69, 9.17) is 0 Å². The Kier molecular flexibility index (Phi) is 8.56. The van der Waals surface area contributed by atoms with E-state index >= 15 is 0 Å². The lowest BCUT2D eigenvalue weighted by Gasteiger charge is -2.21. The number of nitrogens with zero attached hydrogens (tertiary/aromatic N) is 3. The number of carbonyl (C=O) groups is 1. The van der Waals surface area contributed by atoms with Crippen molar-refractivity contribution in [2.75, 3.05) is 5.32 Å². The average molecular weight is 552 g/mol. The lowest BCUT2D eigenvalue weighted by molar-refractivity contribution is 0.247. The van der Waals surface area contributed by atoms with Crippen LogP contribution in [0.4, 0.5) is 14.9 Å². The molecule has 202 valence electrons. The van der Waals surface area contributed by atoms with Gasteiger partial charge in [0.1, 0.15) is 5.82 Å². The molecule has 0 unspecified atom stereocenters. The molecule has 8 heteroatoms. The van der Waals surface area contributed by atoms with Crippen LogP contribution < -0.4 is 10.6 Å². The first-order valence-corrected chi connectivity index (χ1v) is 14.0. The molecule has 5 aromatic rings. The number of hydrogen-bond acceptors (Lipinski definition) is 4. The Hall–Kier alpha value is -4.43. The normalized spacial score (nSPS) is 11.7. The third kappa shape index (κ3) is 6.95. The Labute approximate surface area is 237 Å². The monoisotopic (exact) mass is 551 g/mol. The first kappa shape index (κ1) is 27.1. The number of hydrogen-bond donors (Lipinski definition) is 2. The minimum Gasteiger partial charge on any atom is -0.327 e. The van der Waals surface area contributed by atoms with Crippen molar-refractivity contribution in [3.05, 3.63) is 137 Å². The van der Waals surface area contributed by atoms with Gasteiger partial charge >= 0.3 is 6.03 Å². The van der Waals surface area contributed by atoms with Crippen LogP contribution in [0.3, 0.4) is 0 Å². The molecule has 0 aliphatic carbocycles. The number of thioether (sulfide) groups is 1. The van der Waals surface area contributed by atoms with Gasteiger partial charge in [-0.15, -0.1) is 10.2 Å². The van der Waals surface area contributed by atoms with Gasteiger partial charge in [-0.1, -0.05) is 95.7 Å². The molecule has 40 heavy (non-hydrogen) atoms. The van der Waals surface area contributed by atoms with E-state index in [9.17, 15) is 9.18 Å². The van der Waals surface area contributed by atoms with Gasteiger partial charge in [-0.3, -0.25) is 4.57 Å². The lowest BCUT2D eigenvalue weighted by atomic mass is 10.1. The minimum absolute atomic E-state index is 0.366. The van der Waals surface area contributed by atoms with E-state index in [1.54, 1.807) is 23.9 Å². The van der Waals surface area contributed by atoms with Crippen molar-refractivity contribution in [3.63, 3.8) is 0 Å². The summed E-state index contributed by atoms with van der Waals surface area (Å²) in [6, 6.07) is 31.3. The molecule has 0 radical (unpaired) electrons. The van der Waals surface area contributed by atoms with Gasteiger partial charge in [0.05, 0.1) is 6.04 Å². The fourth-order valence-corrected chi connectivity index (χ4v) is 5.34. The summed E-state index contributed by atoms with van der Waals surface area (Å²) in [4.78, 5) is 13.1. The van der Waals surface area contributed by atoms with Gasteiger partial charge in [-0.25, -0.2) is 9.18 Å². The zero-order chi connectivity index (χ0) is 27.9. The summed E-state index contributed by atoms with van der Waals surface area (Å²) in [6.07, 6.45) is 0.490. The smallest absolute Gasteiger partial charge is 0.319 e. The van der Waals surface area contributed by atoms with Gasteiger partial charge in [0.15, 0.2) is 11.0 Å². The van der Waals surface area contributed by atoms with Crippen molar-refractivity contribution in [1.29, 1.82) is 0 Å². The van der Waals surface area contributed by atoms with Crippen molar-refractivity contribution in [2.24, 2.45) is 0 Å². The van der Waals surface area contributed by atoms with Crippen LogP contribution in [0.15, 0.2) is 108 Å². The number of anilines is 1. The SMILES string of the molecule is Cc1ccc(-n2c(SCc3cccc(C)c3)nnc2[C@@H](Cc2ccccc2)NC(=O)Nc2cccc(F)c2)cc1. The summed E-state index contributed by atoms with van der Waals surface area (Å²) in [5, 5.41) is 15.7. The van der Waals surface area contributed by atoms with Crippen LogP contribution in [0, 0.1) is 19.7 Å². The molecule has 5 rings (SSSR count). The van der Waals surface area contributed by atoms with Crippen LogP contribution in [0.25, 0.3) is 5.69 Å². The summed E-state index contributed by atoms with van der Waals surface area (Å²) in [5.74, 6) is 0.907. The first-order chi connectivity index (χ1) is 19.4. The summed E-state index contributed by atoms with van der Waals surface area (Å²) < 4.78 is 15.7. The van der Waals surface area contributed by atoms with Crippen LogP contribution >= 0.6 is 11.8 Å². The summed E-state index contributed by atoms with van der Waals surface area (Å²) in [6.45, 7) is 4.12. The third-order valence-corrected chi connectivity index (χ3v) is 7.38. The number of rotatable bonds is 9. The molecule has 1 atom stereocenters. The molecular weight excluding hydrogens is 521 g/mol. The fraction of sp³-hybridized carbons (Fsp3) is 0.156. The number of aryl methyl sites for hydroxylation is 2. The number of carbonyl (C=O) groups excluding carboxylic acids is 1. The molecule has 0 aliphatic heterocycles. The van der Waals surface area contributed by atoms with E-state index in [0.29, 0.717) is 17.9 Å². The van der Waals surface area contributed by atoms with Gasteiger partial charge in [-0.05, 0) is 55.3 Å². The molecule has 4 aromatic carbocycles. The molecule has 6 nitrogen and oxygen atoms in total. The van der Waals surface area contributed by atoms with Crippen LogP contribution in [0.5, 0.6) is 0 Å². The predicted octanol–water partition coefficient (Wildman–Crippen LogP) is 7.42. The second-order valence-electron chi connectivity index (χ2n) is 9.64. The van der Waals surface area contributed by atoms with Crippen molar-refractivity contribution in [3.8, 4) is 5.69 Å². The van der Waals surface area contributed by atoms with Crippen LogP contribution in [0.1, 0.15) is 34.1 Å². The summed E-state index contributed by atoms with van der Waals surface area (Å²) >= 11 is 1.59. The molecule has 1 heterocycles. The van der Waals surface area contributed by atoms with Gasteiger partial charge in [-0.2, -0.15) is 0 Å². The molecule has 2 N–H and O–H groups in total. The summed E-state index contributed by atoms with van der Waals surface area (Å²) in [7, 11) is 0. The van der Waals surface area contributed by atoms with E-state index in [2.05, 4.69) is 52.0 Å². The van der Waals surface area contributed by atoms with Crippen molar-refractivity contribution in [1.82, 2.24) is 20.1 Å². The number of halogens is 1. The quantitative estimate of drug-likeness (QED) is 0.187. The highest BCUT2D eigenvalue weighted by Gasteiger charge is 2.25. The third-order valence-electron chi connectivity index (χ3n) is 6.38. The van der Waals surface area contributed by atoms with Crippen LogP contribution in [-0.4, -0.2) is 20.8 Å². The highest BCUT2D eigenvalue weighted by molar-refractivity contribution is 7.98. The Morgan fingerprint density at radius 3 is 2.35 bits per heavy atom. The first-order valence-electron chi connectivity index (χ1n) is 13.0. The maximum atomic E-state index is 13.7. The summed E-state index contributed by atoms with van der Waals surface area (Å²) in [5.41, 5.74) is 5.84. The Bertz CT molecular complexity index is 1590. The molecule has 0 aliphatic rings. The van der Waals surface area contributed by atoms with Crippen LogP contribution in [0.2, 0.25) is 0 Å². The van der Waals surface area contributed by atoms with E-state index in [-0.39, 0.29) is 0 Å². The second kappa shape index (κ2) is 12.6. The van der Waals surface area contributed by atoms with Gasteiger partial charge in [0.25, 0.3) is 0 Å². The number of amides is 2. The molecule has 0 fully saturated rings. The fourth-order valence-electron chi connectivity index (χ4n) is 4.44. The Balaban J connectivity index is 1.50. The van der Waals surface area contributed by atoms with Gasteiger partial charge < -0.3 is 10.6 Å². The Morgan fingerprint density at radius 2 is 1.60 bits per heavy atom. The number of urea groups is 1. The molecule has 2 amide bonds. The molecule has 0 saturated heterocycles. The van der Waals surface area contributed by atoms with Crippen molar-refractivity contribution in [2.45, 2.75) is 37.2 Å². The van der Waals surface area contributed by atoms with E-state index in [1.165, 1.54) is 23.3 Å². The molecule has 0 spiro atoms. The average Bonchev–Trinajstić information content (AvgIpc) is 3.36. The zero-order valence-electron chi connectivity index (χ0n) is 22.3. The van der Waals surface area contributed by atoms with Crippen molar-refractivity contribution >= 4 is 23.5 Å². The molecular formula is C32H30FN5OS. The topological polar surface area (TPSA) is 71.8 Å². The van der Waals surface area contributed by atoms with E-state index in [1.807, 2.05) is 66.1 Å². The molecule has 0 bridgehead atoms. The highest BCUT2D eigenvalue weighted by Crippen LogP contribution is 2.29. The molecule has 0 saturated carbocycles. The van der Waals surface area contributed by atoms with Gasteiger partial charge in [0.2, 0.25) is 0 Å². The van der Waals surface area contributed by atoms with Gasteiger partial charge in [0, 0.05) is 23.5 Å². The zero-order valence-corrected chi connectivity index (χ0v) is 23.2. The lowest BCUT2D eigenvalue weighted by Crippen LogP contribution is -2.35.